The molecule has 0 atom stereocenters. The fourth-order valence-electron chi connectivity index (χ4n) is 5.06. The van der Waals surface area contributed by atoms with Crippen molar-refractivity contribution in [2.75, 3.05) is 57.3 Å². The highest BCUT2D eigenvalue weighted by atomic mass is 19.3. The molecular formula is C30H47F2N5O2. The topological polar surface area (TPSA) is 82.2 Å². The molecule has 3 rings (SSSR count). The number of aryl methyl sites for hydroxylation is 1. The number of ketones is 1. The molecule has 7 nitrogen and oxygen atoms in total. The van der Waals surface area contributed by atoms with Crippen LogP contribution >= 0.6 is 0 Å². The maximum Gasteiger partial charge on any atom is 0.251 e. The lowest BCUT2D eigenvalue weighted by molar-refractivity contribution is -0.129. The summed E-state index contributed by atoms with van der Waals surface area (Å²) in [6, 6.07) is 6.37. The molecule has 1 saturated carbocycles. The van der Waals surface area contributed by atoms with E-state index in [9.17, 15) is 18.4 Å². The summed E-state index contributed by atoms with van der Waals surface area (Å²) in [5.41, 5.74) is 11.7. The highest BCUT2D eigenvalue weighted by Crippen LogP contribution is 2.25. The average Bonchev–Trinajstić information content (AvgIpc) is 3.37. The number of aliphatic imine (C=N–C) groups is 1. The molecule has 0 radical (unpaired) electrons. The van der Waals surface area contributed by atoms with Crippen LogP contribution in [0.5, 0.6) is 0 Å². The molecule has 2 fully saturated rings. The van der Waals surface area contributed by atoms with E-state index >= 15 is 0 Å². The third-order valence-corrected chi connectivity index (χ3v) is 7.32. The molecule has 1 heterocycles. The van der Waals surface area contributed by atoms with Crippen molar-refractivity contribution in [3.63, 3.8) is 0 Å². The van der Waals surface area contributed by atoms with Crippen molar-refractivity contribution in [1.29, 1.82) is 0 Å². The summed E-state index contributed by atoms with van der Waals surface area (Å²) in [5, 5.41) is 0. The first-order valence-corrected chi connectivity index (χ1v) is 14.2. The molecule has 39 heavy (non-hydrogen) atoms. The zero-order valence-electron chi connectivity index (χ0n) is 24.4. The van der Waals surface area contributed by atoms with Gasteiger partial charge in [0.05, 0.1) is 12.2 Å². The van der Waals surface area contributed by atoms with E-state index in [-0.39, 0.29) is 24.8 Å². The molecule has 1 saturated heterocycles. The second-order valence-electron chi connectivity index (χ2n) is 10.3. The molecule has 0 spiro atoms. The fourth-order valence-corrected chi connectivity index (χ4v) is 5.06. The SMILES string of the molecule is CC(=O)/C(N)=C1\CCCC1=NCC(=O)N1CCN(c2cccc(C)c2C)CC1.CCCN(CCC)CC(F)F. The number of benzene rings is 1. The van der Waals surface area contributed by atoms with Crippen LogP contribution in [-0.4, -0.2) is 86.0 Å². The average molecular weight is 548 g/mol. The molecule has 1 aromatic rings. The van der Waals surface area contributed by atoms with Gasteiger partial charge in [0.15, 0.2) is 5.78 Å². The predicted octanol–water partition coefficient (Wildman–Crippen LogP) is 4.75. The summed E-state index contributed by atoms with van der Waals surface area (Å²) < 4.78 is 23.8. The van der Waals surface area contributed by atoms with Gasteiger partial charge in [-0.2, -0.15) is 0 Å². The molecule has 1 amide bonds. The first-order valence-electron chi connectivity index (χ1n) is 14.2. The Kier molecular flexibility index (Phi) is 13.6. The lowest BCUT2D eigenvalue weighted by Crippen LogP contribution is -2.49. The van der Waals surface area contributed by atoms with Gasteiger partial charge in [0.25, 0.3) is 6.43 Å². The van der Waals surface area contributed by atoms with Crippen LogP contribution in [0.15, 0.2) is 34.5 Å². The summed E-state index contributed by atoms with van der Waals surface area (Å²) in [6.07, 6.45) is 2.21. The Hall–Kier alpha value is -2.81. The van der Waals surface area contributed by atoms with Crippen LogP contribution in [0.2, 0.25) is 0 Å². The minimum absolute atomic E-state index is 0.0424. The number of halogens is 2. The van der Waals surface area contributed by atoms with Gasteiger partial charge in [0.1, 0.15) is 6.54 Å². The van der Waals surface area contributed by atoms with Crippen molar-refractivity contribution in [2.24, 2.45) is 10.7 Å². The van der Waals surface area contributed by atoms with Gasteiger partial charge in [-0.15, -0.1) is 0 Å². The number of nitrogens with zero attached hydrogens (tertiary/aromatic N) is 4. The van der Waals surface area contributed by atoms with E-state index in [2.05, 4.69) is 41.9 Å². The maximum absolute atomic E-state index is 12.6. The smallest absolute Gasteiger partial charge is 0.251 e. The summed E-state index contributed by atoms with van der Waals surface area (Å²) >= 11 is 0. The van der Waals surface area contributed by atoms with Crippen LogP contribution in [0.25, 0.3) is 0 Å². The molecule has 2 aliphatic rings. The third-order valence-electron chi connectivity index (χ3n) is 7.32. The summed E-state index contributed by atoms with van der Waals surface area (Å²) in [4.78, 5) is 34.7. The monoisotopic (exact) mass is 547 g/mol. The van der Waals surface area contributed by atoms with Gasteiger partial charge in [-0.25, -0.2) is 8.78 Å². The largest absolute Gasteiger partial charge is 0.396 e. The highest BCUT2D eigenvalue weighted by molar-refractivity contribution is 6.09. The van der Waals surface area contributed by atoms with E-state index in [1.54, 1.807) is 0 Å². The predicted molar refractivity (Wildman–Crippen MR) is 156 cm³/mol. The molecule has 1 aliphatic heterocycles. The lowest BCUT2D eigenvalue weighted by atomic mass is 10.1. The summed E-state index contributed by atoms with van der Waals surface area (Å²) in [6.45, 7) is 14.5. The number of carbonyl (C=O) groups is 2. The Balaban J connectivity index is 0.000000411. The highest BCUT2D eigenvalue weighted by Gasteiger charge is 2.24. The summed E-state index contributed by atoms with van der Waals surface area (Å²) in [5.74, 6) is -0.0840. The van der Waals surface area contributed by atoms with Crippen molar-refractivity contribution >= 4 is 23.1 Å². The van der Waals surface area contributed by atoms with Crippen molar-refractivity contribution in [2.45, 2.75) is 73.1 Å². The van der Waals surface area contributed by atoms with Gasteiger partial charge in [-0.3, -0.25) is 19.5 Å². The number of hydrogen-bond acceptors (Lipinski definition) is 6. The van der Waals surface area contributed by atoms with Crippen LogP contribution in [-0.2, 0) is 9.59 Å². The molecule has 9 heteroatoms. The second kappa shape index (κ2) is 16.3. The lowest BCUT2D eigenvalue weighted by Gasteiger charge is -2.37. The van der Waals surface area contributed by atoms with Gasteiger partial charge in [-0.1, -0.05) is 26.0 Å². The van der Waals surface area contributed by atoms with Crippen molar-refractivity contribution in [1.82, 2.24) is 9.80 Å². The van der Waals surface area contributed by atoms with Crippen LogP contribution in [0, 0.1) is 13.8 Å². The minimum atomic E-state index is -2.19. The zero-order valence-corrected chi connectivity index (χ0v) is 24.4. The number of anilines is 1. The molecule has 218 valence electrons. The number of nitrogens with two attached hydrogens (primary N) is 1. The number of Topliss-reactive ketones (excluding diaryl/α,β-unsaturated/α-hetero) is 1. The second-order valence-corrected chi connectivity index (χ2v) is 10.3. The Morgan fingerprint density at radius 2 is 1.69 bits per heavy atom. The standard InChI is InChI=1S/C22H30N4O2.C8H17F2N/c1-15-6-4-9-20(16(15)2)25-10-12-26(13-11-25)21(28)14-24-19-8-5-7-18(19)22(23)17(3)27;1-3-5-11(6-4-2)7-8(9)10/h4,6,9H,5,7-8,10-14,23H2,1-3H3;8H,3-7H2,1-2H3/b22-18-,24-19?;. The van der Waals surface area contributed by atoms with E-state index in [1.165, 1.54) is 23.7 Å². The molecule has 0 aromatic heterocycles. The Morgan fingerprint density at radius 3 is 2.26 bits per heavy atom. The molecule has 0 bridgehead atoms. The Labute approximate surface area is 233 Å². The van der Waals surface area contributed by atoms with Gasteiger partial charge < -0.3 is 15.5 Å². The summed E-state index contributed by atoms with van der Waals surface area (Å²) in [7, 11) is 0. The number of alkyl halides is 2. The quantitative estimate of drug-likeness (QED) is 0.428. The van der Waals surface area contributed by atoms with Gasteiger partial charge in [0, 0.05) is 44.5 Å². The van der Waals surface area contributed by atoms with Gasteiger partial charge in [-0.05, 0) is 81.8 Å². The first-order chi connectivity index (χ1) is 18.6. The molecule has 0 unspecified atom stereocenters. The normalized spacial score (nSPS) is 18.0. The number of piperazine rings is 1. The van der Waals surface area contributed by atoms with Crippen LogP contribution in [0.1, 0.15) is 64.0 Å². The van der Waals surface area contributed by atoms with Gasteiger partial charge in [0.2, 0.25) is 5.91 Å². The maximum atomic E-state index is 12.6. The van der Waals surface area contributed by atoms with E-state index in [0.717, 1.165) is 69.6 Å². The van der Waals surface area contributed by atoms with E-state index in [1.807, 2.05) is 23.6 Å². The van der Waals surface area contributed by atoms with Crippen molar-refractivity contribution in [3.8, 4) is 0 Å². The van der Waals surface area contributed by atoms with E-state index in [4.69, 9.17) is 5.73 Å². The zero-order chi connectivity index (χ0) is 28.9. The van der Waals surface area contributed by atoms with E-state index < -0.39 is 6.43 Å². The fraction of sp³-hybridized carbons (Fsp3) is 0.633. The van der Waals surface area contributed by atoms with Crippen molar-refractivity contribution < 1.29 is 18.4 Å². The Bertz CT molecular complexity index is 1010. The molecular weight excluding hydrogens is 500 g/mol. The number of rotatable bonds is 10. The van der Waals surface area contributed by atoms with Crippen LogP contribution in [0.4, 0.5) is 14.5 Å². The minimum Gasteiger partial charge on any atom is -0.396 e. The van der Waals surface area contributed by atoms with E-state index in [0.29, 0.717) is 18.8 Å². The van der Waals surface area contributed by atoms with Gasteiger partial charge >= 0.3 is 0 Å². The van der Waals surface area contributed by atoms with Crippen molar-refractivity contribution in [3.05, 3.63) is 40.6 Å². The molecule has 1 aromatic carbocycles. The molecule has 2 N–H and O–H groups in total. The number of hydrogen-bond donors (Lipinski definition) is 1. The Morgan fingerprint density at radius 1 is 1.05 bits per heavy atom. The van der Waals surface area contributed by atoms with Crippen LogP contribution < -0.4 is 10.6 Å². The number of amides is 1. The first kappa shape index (κ1) is 32.4. The van der Waals surface area contributed by atoms with Crippen LogP contribution in [0.3, 0.4) is 0 Å². The molecule has 1 aliphatic carbocycles. The third kappa shape index (κ3) is 10.0. The number of allylic oxidation sites excluding steroid dienone is 2. The number of carbonyl (C=O) groups excluding carboxylic acids is 2.